The summed E-state index contributed by atoms with van der Waals surface area (Å²) in [7, 11) is 0. The lowest BCUT2D eigenvalue weighted by atomic mass is 10.1. The summed E-state index contributed by atoms with van der Waals surface area (Å²) in [6.07, 6.45) is 1.91. The first-order valence-corrected chi connectivity index (χ1v) is 9.03. The second kappa shape index (κ2) is 9.06. The number of hydrogen-bond acceptors (Lipinski definition) is 4. The van der Waals surface area contributed by atoms with Gasteiger partial charge in [-0.3, -0.25) is 4.79 Å². The molecular formula is C17H25NO3S. The summed E-state index contributed by atoms with van der Waals surface area (Å²) in [4.78, 5) is 14.1. The maximum Gasteiger partial charge on any atom is 0.233 e. The molecule has 5 heteroatoms. The van der Waals surface area contributed by atoms with E-state index >= 15 is 0 Å². The van der Waals surface area contributed by atoms with E-state index in [2.05, 4.69) is 13.0 Å². The SMILES string of the molecule is CCCOCCCN1C(=O)CSC1c1ccccc1OCC. The molecule has 1 unspecified atom stereocenters. The number of amides is 1. The molecular weight excluding hydrogens is 298 g/mol. The van der Waals surface area contributed by atoms with Gasteiger partial charge in [-0.2, -0.15) is 0 Å². The molecule has 1 heterocycles. The lowest BCUT2D eigenvalue weighted by Crippen LogP contribution is -2.30. The van der Waals surface area contributed by atoms with Crippen LogP contribution in [0, 0.1) is 0 Å². The average Bonchev–Trinajstić information content (AvgIpc) is 2.89. The Morgan fingerprint density at radius 1 is 1.27 bits per heavy atom. The molecule has 1 aromatic rings. The predicted molar refractivity (Wildman–Crippen MR) is 90.3 cm³/mol. The molecule has 1 fully saturated rings. The van der Waals surface area contributed by atoms with Crippen LogP contribution in [0.1, 0.15) is 37.6 Å². The third-order valence-corrected chi connectivity index (χ3v) is 4.73. The number of para-hydroxylation sites is 1. The van der Waals surface area contributed by atoms with Gasteiger partial charge in [0, 0.05) is 25.3 Å². The lowest BCUT2D eigenvalue weighted by Gasteiger charge is -2.25. The molecule has 0 aromatic heterocycles. The molecule has 1 aliphatic heterocycles. The van der Waals surface area contributed by atoms with Crippen molar-refractivity contribution in [3.8, 4) is 5.75 Å². The van der Waals surface area contributed by atoms with Gasteiger partial charge in [-0.15, -0.1) is 11.8 Å². The highest BCUT2D eigenvalue weighted by atomic mass is 32.2. The standard InChI is InChI=1S/C17H25NO3S/c1-3-11-20-12-7-10-18-16(19)13-22-17(18)14-8-5-6-9-15(14)21-4-2/h5-6,8-9,17H,3-4,7,10-13H2,1-2H3. The van der Waals surface area contributed by atoms with Crippen LogP contribution in [-0.2, 0) is 9.53 Å². The van der Waals surface area contributed by atoms with Gasteiger partial charge < -0.3 is 14.4 Å². The van der Waals surface area contributed by atoms with Crippen LogP contribution in [0.15, 0.2) is 24.3 Å². The first kappa shape index (κ1) is 17.2. The normalized spacial score (nSPS) is 18.0. The van der Waals surface area contributed by atoms with Crippen molar-refractivity contribution in [2.75, 3.05) is 32.1 Å². The van der Waals surface area contributed by atoms with Crippen LogP contribution in [0.3, 0.4) is 0 Å². The van der Waals surface area contributed by atoms with Gasteiger partial charge in [0.05, 0.1) is 12.4 Å². The molecule has 0 aliphatic carbocycles. The van der Waals surface area contributed by atoms with Crippen LogP contribution >= 0.6 is 11.8 Å². The van der Waals surface area contributed by atoms with E-state index in [0.717, 1.165) is 37.3 Å². The molecule has 0 spiro atoms. The van der Waals surface area contributed by atoms with Gasteiger partial charge in [0.2, 0.25) is 5.91 Å². The molecule has 2 rings (SSSR count). The second-order valence-corrected chi connectivity index (χ2v) is 6.26. The molecule has 1 saturated heterocycles. The molecule has 1 atom stereocenters. The molecule has 1 amide bonds. The number of hydrogen-bond donors (Lipinski definition) is 0. The van der Waals surface area contributed by atoms with Crippen LogP contribution in [0.4, 0.5) is 0 Å². The Kier molecular flexibility index (Phi) is 7.06. The molecule has 0 N–H and O–H groups in total. The van der Waals surface area contributed by atoms with Gasteiger partial charge in [0.15, 0.2) is 0 Å². The zero-order chi connectivity index (χ0) is 15.8. The molecule has 4 nitrogen and oxygen atoms in total. The van der Waals surface area contributed by atoms with E-state index in [1.165, 1.54) is 0 Å². The Morgan fingerprint density at radius 2 is 2.09 bits per heavy atom. The maximum atomic E-state index is 12.2. The van der Waals surface area contributed by atoms with Gasteiger partial charge in [0.1, 0.15) is 11.1 Å². The molecule has 0 radical (unpaired) electrons. The fourth-order valence-electron chi connectivity index (χ4n) is 2.51. The summed E-state index contributed by atoms with van der Waals surface area (Å²) in [5.41, 5.74) is 1.09. The number of carbonyl (C=O) groups excluding carboxylic acids is 1. The quantitative estimate of drug-likeness (QED) is 0.652. The number of thioether (sulfide) groups is 1. The van der Waals surface area contributed by atoms with Gasteiger partial charge in [0.25, 0.3) is 0 Å². The predicted octanol–water partition coefficient (Wildman–Crippen LogP) is 3.48. The number of benzene rings is 1. The average molecular weight is 323 g/mol. The minimum absolute atomic E-state index is 0.0569. The van der Waals surface area contributed by atoms with Crippen molar-refractivity contribution in [2.45, 2.75) is 32.1 Å². The number of nitrogens with zero attached hydrogens (tertiary/aromatic N) is 1. The molecule has 1 aromatic carbocycles. The Labute approximate surface area is 137 Å². The Balaban J connectivity index is 2.01. The molecule has 0 saturated carbocycles. The van der Waals surface area contributed by atoms with Crippen molar-refractivity contribution < 1.29 is 14.3 Å². The fraction of sp³-hybridized carbons (Fsp3) is 0.588. The van der Waals surface area contributed by atoms with Crippen molar-refractivity contribution >= 4 is 17.7 Å². The Hall–Kier alpha value is -1.20. The van der Waals surface area contributed by atoms with Crippen LogP contribution in [0.2, 0.25) is 0 Å². The van der Waals surface area contributed by atoms with E-state index in [4.69, 9.17) is 9.47 Å². The van der Waals surface area contributed by atoms with E-state index < -0.39 is 0 Å². The summed E-state index contributed by atoms with van der Waals surface area (Å²) in [6, 6.07) is 8.01. The molecule has 0 bridgehead atoms. The topological polar surface area (TPSA) is 38.8 Å². The van der Waals surface area contributed by atoms with E-state index in [9.17, 15) is 4.79 Å². The number of ether oxygens (including phenoxy) is 2. The third kappa shape index (κ3) is 4.40. The largest absolute Gasteiger partial charge is 0.493 e. The maximum absolute atomic E-state index is 12.2. The van der Waals surface area contributed by atoms with Gasteiger partial charge in [-0.25, -0.2) is 0 Å². The zero-order valence-electron chi connectivity index (χ0n) is 13.4. The smallest absolute Gasteiger partial charge is 0.233 e. The zero-order valence-corrected chi connectivity index (χ0v) is 14.2. The van der Waals surface area contributed by atoms with Crippen LogP contribution in [0.25, 0.3) is 0 Å². The van der Waals surface area contributed by atoms with E-state index in [-0.39, 0.29) is 11.3 Å². The Bertz CT molecular complexity index is 481. The first-order valence-electron chi connectivity index (χ1n) is 7.98. The van der Waals surface area contributed by atoms with Crippen LogP contribution in [0.5, 0.6) is 5.75 Å². The van der Waals surface area contributed by atoms with Crippen molar-refractivity contribution in [3.05, 3.63) is 29.8 Å². The highest BCUT2D eigenvalue weighted by molar-refractivity contribution is 8.00. The van der Waals surface area contributed by atoms with Gasteiger partial charge in [-0.1, -0.05) is 25.1 Å². The molecule has 1 aliphatic rings. The van der Waals surface area contributed by atoms with E-state index in [1.54, 1.807) is 11.8 Å². The fourth-order valence-corrected chi connectivity index (χ4v) is 3.75. The summed E-state index contributed by atoms with van der Waals surface area (Å²) < 4.78 is 11.2. The molecule has 122 valence electrons. The van der Waals surface area contributed by atoms with E-state index in [1.807, 2.05) is 30.0 Å². The Morgan fingerprint density at radius 3 is 2.86 bits per heavy atom. The summed E-state index contributed by atoms with van der Waals surface area (Å²) in [5.74, 6) is 1.63. The van der Waals surface area contributed by atoms with Crippen molar-refractivity contribution in [1.82, 2.24) is 4.90 Å². The summed E-state index contributed by atoms with van der Waals surface area (Å²) >= 11 is 1.68. The lowest BCUT2D eigenvalue weighted by molar-refractivity contribution is -0.128. The van der Waals surface area contributed by atoms with Crippen LogP contribution < -0.4 is 4.74 Å². The monoisotopic (exact) mass is 323 g/mol. The van der Waals surface area contributed by atoms with Crippen molar-refractivity contribution in [2.24, 2.45) is 0 Å². The van der Waals surface area contributed by atoms with Crippen molar-refractivity contribution in [1.29, 1.82) is 0 Å². The number of rotatable bonds is 9. The first-order chi connectivity index (χ1) is 10.8. The summed E-state index contributed by atoms with van der Waals surface area (Å²) in [5, 5.41) is 0.0569. The van der Waals surface area contributed by atoms with Crippen LogP contribution in [-0.4, -0.2) is 42.9 Å². The van der Waals surface area contributed by atoms with Gasteiger partial charge >= 0.3 is 0 Å². The minimum Gasteiger partial charge on any atom is -0.493 e. The molecule has 22 heavy (non-hydrogen) atoms. The number of carbonyl (C=O) groups is 1. The third-order valence-electron chi connectivity index (χ3n) is 3.49. The van der Waals surface area contributed by atoms with E-state index in [0.29, 0.717) is 19.0 Å². The second-order valence-electron chi connectivity index (χ2n) is 5.19. The van der Waals surface area contributed by atoms with Crippen molar-refractivity contribution in [3.63, 3.8) is 0 Å². The highest BCUT2D eigenvalue weighted by Gasteiger charge is 2.33. The van der Waals surface area contributed by atoms with Gasteiger partial charge in [-0.05, 0) is 25.8 Å². The summed E-state index contributed by atoms with van der Waals surface area (Å²) in [6.45, 7) is 6.95. The highest BCUT2D eigenvalue weighted by Crippen LogP contribution is 2.42. The minimum atomic E-state index is 0.0569.